The molecule has 0 aliphatic rings. The van der Waals surface area contributed by atoms with Crippen LogP contribution < -0.4 is 15.5 Å². The van der Waals surface area contributed by atoms with Crippen LogP contribution in [0.5, 0.6) is 5.75 Å². The highest BCUT2D eigenvalue weighted by molar-refractivity contribution is 6.42. The molecule has 168 valence electrons. The molecular formula is C23H16Cl2FN3O4. The first-order valence-electron chi connectivity index (χ1n) is 9.45. The molecule has 33 heavy (non-hydrogen) atoms. The lowest BCUT2D eigenvalue weighted by atomic mass is 10.2. The van der Waals surface area contributed by atoms with E-state index in [9.17, 15) is 18.8 Å². The van der Waals surface area contributed by atoms with Gasteiger partial charge in [-0.2, -0.15) is 5.10 Å². The molecule has 0 atom stereocenters. The van der Waals surface area contributed by atoms with Gasteiger partial charge >= 0.3 is 5.97 Å². The molecule has 0 saturated heterocycles. The maximum Gasteiger partial charge on any atom is 0.346 e. The molecule has 0 fully saturated rings. The van der Waals surface area contributed by atoms with Gasteiger partial charge in [0.15, 0.2) is 0 Å². The van der Waals surface area contributed by atoms with Gasteiger partial charge in [-0.25, -0.2) is 14.6 Å². The summed E-state index contributed by atoms with van der Waals surface area (Å²) in [6.07, 6.45) is 1.36. The number of hydrazone groups is 1. The van der Waals surface area contributed by atoms with Gasteiger partial charge in [0.25, 0.3) is 11.8 Å². The molecule has 10 heteroatoms. The fraction of sp³-hybridized carbons (Fsp3) is 0.0435. The Balaban J connectivity index is 1.46. The van der Waals surface area contributed by atoms with Crippen molar-refractivity contribution in [1.82, 2.24) is 10.7 Å². The fourth-order valence-electron chi connectivity index (χ4n) is 2.53. The van der Waals surface area contributed by atoms with Crippen molar-refractivity contribution in [3.8, 4) is 5.75 Å². The van der Waals surface area contributed by atoms with E-state index < -0.39 is 23.6 Å². The van der Waals surface area contributed by atoms with E-state index in [2.05, 4.69) is 15.8 Å². The van der Waals surface area contributed by atoms with Crippen LogP contribution in [0, 0.1) is 5.82 Å². The number of ether oxygens (including phenoxy) is 1. The van der Waals surface area contributed by atoms with Crippen molar-refractivity contribution >= 4 is 47.2 Å². The number of nitrogens with one attached hydrogen (secondary N) is 2. The molecule has 0 radical (unpaired) electrons. The van der Waals surface area contributed by atoms with Gasteiger partial charge < -0.3 is 10.1 Å². The monoisotopic (exact) mass is 487 g/mol. The predicted octanol–water partition coefficient (Wildman–Crippen LogP) is 4.23. The zero-order valence-electron chi connectivity index (χ0n) is 16.8. The molecule has 2 amide bonds. The van der Waals surface area contributed by atoms with Crippen LogP contribution >= 0.6 is 23.2 Å². The number of benzene rings is 3. The molecule has 0 saturated carbocycles. The normalized spacial score (nSPS) is 10.6. The molecule has 0 aromatic heterocycles. The first-order valence-corrected chi connectivity index (χ1v) is 10.2. The van der Waals surface area contributed by atoms with E-state index in [0.717, 1.165) is 0 Å². The van der Waals surface area contributed by atoms with E-state index in [1.165, 1.54) is 60.8 Å². The first-order chi connectivity index (χ1) is 15.8. The van der Waals surface area contributed by atoms with Crippen molar-refractivity contribution < 1.29 is 23.5 Å². The molecule has 0 spiro atoms. The number of halogens is 3. The van der Waals surface area contributed by atoms with Crippen LogP contribution in [-0.2, 0) is 4.79 Å². The third-order valence-electron chi connectivity index (χ3n) is 4.18. The summed E-state index contributed by atoms with van der Waals surface area (Å²) in [7, 11) is 0. The van der Waals surface area contributed by atoms with Gasteiger partial charge in [0, 0.05) is 5.56 Å². The molecule has 0 bridgehead atoms. The van der Waals surface area contributed by atoms with Gasteiger partial charge in [-0.3, -0.25) is 9.59 Å². The van der Waals surface area contributed by atoms with Crippen LogP contribution in [-0.4, -0.2) is 30.5 Å². The van der Waals surface area contributed by atoms with Gasteiger partial charge in [-0.05, 0) is 60.2 Å². The molecule has 0 aliphatic carbocycles. The van der Waals surface area contributed by atoms with Crippen molar-refractivity contribution in [2.75, 3.05) is 6.54 Å². The number of nitrogens with zero attached hydrogens (tertiary/aromatic N) is 1. The second-order valence-electron chi connectivity index (χ2n) is 6.54. The van der Waals surface area contributed by atoms with Crippen LogP contribution in [0.15, 0.2) is 71.8 Å². The SMILES string of the molecule is O=C(CNC(=O)c1ccc(Cl)c(Cl)c1)N/N=C\c1ccc(OC(=O)c2ccccc2F)cc1. The van der Waals surface area contributed by atoms with Gasteiger partial charge in [0.1, 0.15) is 11.6 Å². The van der Waals surface area contributed by atoms with Crippen molar-refractivity contribution in [2.24, 2.45) is 5.10 Å². The van der Waals surface area contributed by atoms with Crippen LogP contribution in [0.3, 0.4) is 0 Å². The zero-order chi connectivity index (χ0) is 23.8. The minimum Gasteiger partial charge on any atom is -0.423 e. The minimum atomic E-state index is -0.815. The van der Waals surface area contributed by atoms with Crippen molar-refractivity contribution in [3.63, 3.8) is 0 Å². The third kappa shape index (κ3) is 6.86. The highest BCUT2D eigenvalue weighted by atomic mass is 35.5. The maximum atomic E-state index is 13.6. The molecule has 7 nitrogen and oxygen atoms in total. The van der Waals surface area contributed by atoms with Gasteiger partial charge in [-0.1, -0.05) is 35.3 Å². The molecule has 0 aliphatic heterocycles. The summed E-state index contributed by atoms with van der Waals surface area (Å²) in [6.45, 7) is -0.304. The van der Waals surface area contributed by atoms with Gasteiger partial charge in [-0.15, -0.1) is 0 Å². The van der Waals surface area contributed by atoms with E-state index >= 15 is 0 Å². The smallest absolute Gasteiger partial charge is 0.346 e. The average Bonchev–Trinajstić information content (AvgIpc) is 2.80. The van der Waals surface area contributed by atoms with E-state index in [-0.39, 0.29) is 28.4 Å². The lowest BCUT2D eigenvalue weighted by Gasteiger charge is -2.06. The molecule has 3 rings (SSSR count). The predicted molar refractivity (Wildman–Crippen MR) is 122 cm³/mol. The van der Waals surface area contributed by atoms with Crippen LogP contribution in [0.1, 0.15) is 26.3 Å². The molecule has 2 N–H and O–H groups in total. The second-order valence-corrected chi connectivity index (χ2v) is 7.36. The highest BCUT2D eigenvalue weighted by Gasteiger charge is 2.13. The fourth-order valence-corrected chi connectivity index (χ4v) is 2.83. The number of hydrogen-bond acceptors (Lipinski definition) is 5. The average molecular weight is 488 g/mol. The van der Waals surface area contributed by atoms with E-state index in [1.54, 1.807) is 12.1 Å². The van der Waals surface area contributed by atoms with Crippen LogP contribution in [0.2, 0.25) is 10.0 Å². The summed E-state index contributed by atoms with van der Waals surface area (Å²) < 4.78 is 18.8. The number of rotatable bonds is 7. The number of carbonyl (C=O) groups excluding carboxylic acids is 3. The second kappa shape index (κ2) is 11.2. The van der Waals surface area contributed by atoms with Crippen molar-refractivity contribution in [3.05, 3.63) is 99.3 Å². The molecular weight excluding hydrogens is 472 g/mol. The van der Waals surface area contributed by atoms with Crippen LogP contribution in [0.25, 0.3) is 0 Å². The number of carbonyl (C=O) groups is 3. The Kier molecular flexibility index (Phi) is 8.12. The lowest BCUT2D eigenvalue weighted by molar-refractivity contribution is -0.120. The summed E-state index contributed by atoms with van der Waals surface area (Å²) in [5.41, 5.74) is 2.96. The Morgan fingerprint density at radius 2 is 1.70 bits per heavy atom. The molecule has 3 aromatic rings. The number of hydrogen-bond donors (Lipinski definition) is 2. The highest BCUT2D eigenvalue weighted by Crippen LogP contribution is 2.22. The number of esters is 1. The molecule has 0 heterocycles. The largest absolute Gasteiger partial charge is 0.423 e. The summed E-state index contributed by atoms with van der Waals surface area (Å²) in [4.78, 5) is 35.9. The van der Waals surface area contributed by atoms with E-state index in [0.29, 0.717) is 10.6 Å². The lowest BCUT2D eigenvalue weighted by Crippen LogP contribution is -2.34. The van der Waals surface area contributed by atoms with Gasteiger partial charge in [0.05, 0.1) is 28.4 Å². The maximum absolute atomic E-state index is 13.6. The Bertz CT molecular complexity index is 1220. The van der Waals surface area contributed by atoms with Gasteiger partial charge in [0.2, 0.25) is 0 Å². The Labute approximate surface area is 198 Å². The minimum absolute atomic E-state index is 0.169. The zero-order valence-corrected chi connectivity index (χ0v) is 18.4. The topological polar surface area (TPSA) is 96.9 Å². The summed E-state index contributed by atoms with van der Waals surface area (Å²) in [5.74, 6) is -2.31. The first kappa shape index (κ1) is 23.9. The Hall–Kier alpha value is -3.75. The third-order valence-corrected chi connectivity index (χ3v) is 4.92. The number of amides is 2. The summed E-state index contributed by atoms with van der Waals surface area (Å²) in [5, 5.41) is 6.78. The van der Waals surface area contributed by atoms with Crippen LogP contribution in [0.4, 0.5) is 4.39 Å². The molecule has 3 aromatic carbocycles. The van der Waals surface area contributed by atoms with E-state index in [4.69, 9.17) is 27.9 Å². The summed E-state index contributed by atoms with van der Waals surface area (Å²) >= 11 is 11.7. The Morgan fingerprint density at radius 1 is 0.970 bits per heavy atom. The Morgan fingerprint density at radius 3 is 2.39 bits per heavy atom. The van der Waals surface area contributed by atoms with Crippen molar-refractivity contribution in [2.45, 2.75) is 0 Å². The molecule has 0 unspecified atom stereocenters. The van der Waals surface area contributed by atoms with Crippen molar-refractivity contribution in [1.29, 1.82) is 0 Å². The van der Waals surface area contributed by atoms with E-state index in [1.807, 2.05) is 0 Å². The quantitative estimate of drug-likeness (QED) is 0.225. The summed E-state index contributed by atoms with van der Waals surface area (Å²) in [6, 6.07) is 16.0. The standard InChI is InChI=1S/C23H16Cl2FN3O4/c24-18-10-7-15(11-19(18)25)22(31)27-13-21(30)29-28-12-14-5-8-16(9-6-14)33-23(32)17-3-1-2-4-20(17)26/h1-12H,13H2,(H,27,31)(H,29,30)/b28-12-.